The summed E-state index contributed by atoms with van der Waals surface area (Å²) in [6, 6.07) is 2.73. The lowest BCUT2D eigenvalue weighted by molar-refractivity contribution is -0.141. The SMILES string of the molecule is CC(NC(=O)c1cc(Br)c2c(c1)OCCO2)C(C)C(=O)O. The average molecular weight is 358 g/mol. The minimum Gasteiger partial charge on any atom is -0.486 e. The van der Waals surface area contributed by atoms with E-state index < -0.39 is 17.9 Å². The van der Waals surface area contributed by atoms with Crippen LogP contribution in [0.2, 0.25) is 0 Å². The molecule has 21 heavy (non-hydrogen) atoms. The monoisotopic (exact) mass is 357 g/mol. The van der Waals surface area contributed by atoms with Crippen molar-refractivity contribution < 1.29 is 24.2 Å². The van der Waals surface area contributed by atoms with Crippen LogP contribution >= 0.6 is 15.9 Å². The van der Waals surface area contributed by atoms with Gasteiger partial charge < -0.3 is 19.9 Å². The van der Waals surface area contributed by atoms with Gasteiger partial charge in [0.1, 0.15) is 13.2 Å². The molecule has 2 rings (SSSR count). The van der Waals surface area contributed by atoms with E-state index in [-0.39, 0.29) is 5.91 Å². The summed E-state index contributed by atoms with van der Waals surface area (Å²) in [6.07, 6.45) is 0. The van der Waals surface area contributed by atoms with Gasteiger partial charge in [-0.15, -0.1) is 0 Å². The second-order valence-corrected chi connectivity index (χ2v) is 5.73. The average Bonchev–Trinajstić information content (AvgIpc) is 2.46. The minimum absolute atomic E-state index is 0.353. The highest BCUT2D eigenvalue weighted by Gasteiger charge is 2.23. The highest BCUT2D eigenvalue weighted by molar-refractivity contribution is 9.10. The highest BCUT2D eigenvalue weighted by Crippen LogP contribution is 2.38. The second kappa shape index (κ2) is 6.34. The number of carboxylic acids is 1. The second-order valence-electron chi connectivity index (χ2n) is 4.87. The number of carbonyl (C=O) groups is 2. The molecule has 6 nitrogen and oxygen atoms in total. The summed E-state index contributed by atoms with van der Waals surface area (Å²) in [5.74, 6) is -0.904. The van der Waals surface area contributed by atoms with Gasteiger partial charge in [-0.25, -0.2) is 0 Å². The van der Waals surface area contributed by atoms with Crippen LogP contribution in [0.15, 0.2) is 16.6 Å². The first kappa shape index (κ1) is 15.6. The fourth-order valence-corrected chi connectivity index (χ4v) is 2.43. The summed E-state index contributed by atoms with van der Waals surface area (Å²) >= 11 is 3.34. The summed E-state index contributed by atoms with van der Waals surface area (Å²) in [5, 5.41) is 11.6. The van der Waals surface area contributed by atoms with E-state index >= 15 is 0 Å². The van der Waals surface area contributed by atoms with Crippen LogP contribution in [-0.2, 0) is 4.79 Å². The van der Waals surface area contributed by atoms with Gasteiger partial charge in [-0.3, -0.25) is 9.59 Å². The van der Waals surface area contributed by atoms with Crippen LogP contribution in [0.4, 0.5) is 0 Å². The molecule has 2 atom stereocenters. The predicted octanol–water partition coefficient (Wildman–Crippen LogP) is 2.06. The molecule has 0 saturated carbocycles. The summed E-state index contributed by atoms with van der Waals surface area (Å²) < 4.78 is 11.5. The standard InChI is InChI=1S/C14H16BrNO5/c1-7(14(18)19)8(2)16-13(17)9-5-10(15)12-11(6-9)20-3-4-21-12/h5-8H,3-4H2,1-2H3,(H,16,17)(H,18,19). The number of aliphatic carboxylic acids is 1. The third-order valence-corrected chi connectivity index (χ3v) is 3.95. The fourth-order valence-electron chi connectivity index (χ4n) is 1.87. The van der Waals surface area contributed by atoms with Crippen molar-refractivity contribution in [2.45, 2.75) is 19.9 Å². The van der Waals surface area contributed by atoms with Gasteiger partial charge in [-0.1, -0.05) is 0 Å². The highest BCUT2D eigenvalue weighted by atomic mass is 79.9. The molecule has 2 unspecified atom stereocenters. The van der Waals surface area contributed by atoms with Gasteiger partial charge in [0.25, 0.3) is 5.91 Å². The fraction of sp³-hybridized carbons (Fsp3) is 0.429. The summed E-state index contributed by atoms with van der Waals surface area (Å²) in [7, 11) is 0. The number of rotatable bonds is 4. The van der Waals surface area contributed by atoms with Crippen LogP contribution in [0.25, 0.3) is 0 Å². The molecule has 0 radical (unpaired) electrons. The molecule has 1 heterocycles. The smallest absolute Gasteiger partial charge is 0.308 e. The number of carboxylic acid groups (broad SMARTS) is 1. The van der Waals surface area contributed by atoms with Crippen molar-refractivity contribution in [2.75, 3.05) is 13.2 Å². The van der Waals surface area contributed by atoms with Crippen molar-refractivity contribution in [3.63, 3.8) is 0 Å². The molecule has 1 aliphatic heterocycles. The van der Waals surface area contributed by atoms with Gasteiger partial charge in [0.2, 0.25) is 0 Å². The largest absolute Gasteiger partial charge is 0.486 e. The Labute approximate surface area is 130 Å². The zero-order chi connectivity index (χ0) is 15.6. The van der Waals surface area contributed by atoms with E-state index in [1.165, 1.54) is 0 Å². The van der Waals surface area contributed by atoms with E-state index in [1.807, 2.05) is 0 Å². The number of halogens is 1. The molecule has 0 fully saturated rings. The van der Waals surface area contributed by atoms with Crippen LogP contribution in [-0.4, -0.2) is 36.2 Å². The Hall–Kier alpha value is -1.76. The zero-order valence-corrected chi connectivity index (χ0v) is 13.3. The lowest BCUT2D eigenvalue weighted by Crippen LogP contribution is -2.40. The molecule has 1 aromatic rings. The predicted molar refractivity (Wildman–Crippen MR) is 78.9 cm³/mol. The Morgan fingerprint density at radius 3 is 2.62 bits per heavy atom. The molecular weight excluding hydrogens is 342 g/mol. The number of fused-ring (bicyclic) bond motifs is 1. The van der Waals surface area contributed by atoms with Crippen molar-refractivity contribution in [3.05, 3.63) is 22.2 Å². The number of amides is 1. The normalized spacial score (nSPS) is 16.0. The molecule has 0 saturated heterocycles. The van der Waals surface area contributed by atoms with Crippen LogP contribution < -0.4 is 14.8 Å². The van der Waals surface area contributed by atoms with E-state index in [9.17, 15) is 9.59 Å². The van der Waals surface area contributed by atoms with Crippen LogP contribution in [0, 0.1) is 5.92 Å². The molecule has 7 heteroatoms. The number of hydrogen-bond donors (Lipinski definition) is 2. The molecule has 0 aromatic heterocycles. The van der Waals surface area contributed by atoms with Crippen molar-refractivity contribution in [1.82, 2.24) is 5.32 Å². The van der Waals surface area contributed by atoms with Crippen LogP contribution in [0.3, 0.4) is 0 Å². The van der Waals surface area contributed by atoms with Gasteiger partial charge in [-0.05, 0) is 41.9 Å². The molecule has 2 N–H and O–H groups in total. The van der Waals surface area contributed by atoms with Gasteiger partial charge >= 0.3 is 5.97 Å². The van der Waals surface area contributed by atoms with Crippen molar-refractivity contribution in [2.24, 2.45) is 5.92 Å². The van der Waals surface area contributed by atoms with E-state index in [0.717, 1.165) is 0 Å². The molecule has 1 aromatic carbocycles. The molecule has 0 spiro atoms. The Morgan fingerprint density at radius 1 is 1.29 bits per heavy atom. The maximum Gasteiger partial charge on any atom is 0.308 e. The Bertz CT molecular complexity index is 575. The third-order valence-electron chi connectivity index (χ3n) is 3.36. The lowest BCUT2D eigenvalue weighted by atomic mass is 10.0. The number of nitrogens with one attached hydrogen (secondary N) is 1. The first-order valence-electron chi connectivity index (χ1n) is 6.53. The maximum absolute atomic E-state index is 12.2. The van der Waals surface area contributed by atoms with Gasteiger partial charge in [0.15, 0.2) is 11.5 Å². The topological polar surface area (TPSA) is 84.9 Å². The first-order valence-corrected chi connectivity index (χ1v) is 7.32. The van der Waals surface area contributed by atoms with E-state index in [0.29, 0.717) is 34.7 Å². The Balaban J connectivity index is 2.16. The quantitative estimate of drug-likeness (QED) is 0.861. The molecule has 0 bridgehead atoms. The zero-order valence-electron chi connectivity index (χ0n) is 11.7. The van der Waals surface area contributed by atoms with E-state index in [2.05, 4.69) is 21.2 Å². The van der Waals surface area contributed by atoms with Gasteiger partial charge in [-0.2, -0.15) is 0 Å². The van der Waals surface area contributed by atoms with Crippen LogP contribution in [0.1, 0.15) is 24.2 Å². The minimum atomic E-state index is -0.953. The first-order chi connectivity index (χ1) is 9.90. The lowest BCUT2D eigenvalue weighted by Gasteiger charge is -2.21. The van der Waals surface area contributed by atoms with Gasteiger partial charge in [0, 0.05) is 11.6 Å². The van der Waals surface area contributed by atoms with Crippen LogP contribution in [0.5, 0.6) is 11.5 Å². The molecule has 0 aliphatic carbocycles. The van der Waals surface area contributed by atoms with Crippen molar-refractivity contribution in [1.29, 1.82) is 0 Å². The number of carbonyl (C=O) groups excluding carboxylic acids is 1. The van der Waals surface area contributed by atoms with E-state index in [1.54, 1.807) is 26.0 Å². The summed E-state index contributed by atoms with van der Waals surface area (Å²) in [4.78, 5) is 23.1. The van der Waals surface area contributed by atoms with Crippen molar-refractivity contribution >= 4 is 27.8 Å². The van der Waals surface area contributed by atoms with Crippen molar-refractivity contribution in [3.8, 4) is 11.5 Å². The van der Waals surface area contributed by atoms with E-state index in [4.69, 9.17) is 14.6 Å². The Kier molecular flexibility index (Phi) is 4.72. The summed E-state index contributed by atoms with van der Waals surface area (Å²) in [5.41, 5.74) is 0.385. The van der Waals surface area contributed by atoms with Gasteiger partial charge in [0.05, 0.1) is 10.4 Å². The maximum atomic E-state index is 12.2. The molecular formula is C14H16BrNO5. The third kappa shape index (κ3) is 3.47. The number of ether oxygens (including phenoxy) is 2. The molecule has 114 valence electrons. The molecule has 1 aliphatic rings. The molecule has 1 amide bonds. The number of hydrogen-bond acceptors (Lipinski definition) is 4. The number of benzene rings is 1. The summed E-state index contributed by atoms with van der Waals surface area (Å²) in [6.45, 7) is 4.10. The Morgan fingerprint density at radius 2 is 1.95 bits per heavy atom.